The van der Waals surface area contributed by atoms with Gasteiger partial charge >= 0.3 is 0 Å². The van der Waals surface area contributed by atoms with E-state index >= 15 is 0 Å². The molecule has 1 aliphatic rings. The molecule has 0 aromatic heterocycles. The number of anilines is 1. The van der Waals surface area contributed by atoms with Gasteiger partial charge in [-0.1, -0.05) is 35.9 Å². The fourth-order valence-electron chi connectivity index (χ4n) is 2.78. The minimum Gasteiger partial charge on any atom is -0.354 e. The normalized spacial score (nSPS) is 12.8. The smallest absolute Gasteiger partial charge is 0.270 e. The van der Waals surface area contributed by atoms with Crippen LogP contribution in [0.15, 0.2) is 64.8 Å². The van der Waals surface area contributed by atoms with Crippen molar-refractivity contribution < 1.29 is 14.4 Å². The lowest BCUT2D eigenvalue weighted by molar-refractivity contribution is -0.118. The van der Waals surface area contributed by atoms with Gasteiger partial charge in [0.2, 0.25) is 0 Å². The van der Waals surface area contributed by atoms with E-state index < -0.39 is 5.91 Å². The maximum absolute atomic E-state index is 12.4. The van der Waals surface area contributed by atoms with E-state index in [2.05, 4.69) is 15.6 Å². The first-order valence-electron chi connectivity index (χ1n) is 8.64. The molecule has 0 fully saturated rings. The van der Waals surface area contributed by atoms with E-state index in [0.717, 1.165) is 5.56 Å². The van der Waals surface area contributed by atoms with Gasteiger partial charge in [0.15, 0.2) is 5.78 Å². The summed E-state index contributed by atoms with van der Waals surface area (Å²) in [6, 6.07) is 13.8. The molecule has 0 saturated heterocycles. The lowest BCUT2D eigenvalue weighted by atomic mass is 10.0. The number of nitrogens with zero attached hydrogens (tertiary/aromatic N) is 1. The van der Waals surface area contributed by atoms with Crippen molar-refractivity contribution in [2.45, 2.75) is 12.8 Å². The first-order chi connectivity index (χ1) is 13.5. The topological polar surface area (TPSA) is 87.6 Å². The maximum atomic E-state index is 12.4. The number of ketones is 1. The van der Waals surface area contributed by atoms with Gasteiger partial charge in [-0.3, -0.25) is 19.4 Å². The van der Waals surface area contributed by atoms with E-state index in [-0.39, 0.29) is 23.8 Å². The van der Waals surface area contributed by atoms with Crippen molar-refractivity contribution in [2.75, 3.05) is 12.4 Å². The predicted octanol–water partition coefficient (Wildman–Crippen LogP) is 3.18. The molecule has 1 aliphatic heterocycles. The third kappa shape index (κ3) is 4.53. The van der Waals surface area contributed by atoms with Crippen molar-refractivity contribution in [3.8, 4) is 0 Å². The van der Waals surface area contributed by atoms with E-state index in [1.54, 1.807) is 48.5 Å². The summed E-state index contributed by atoms with van der Waals surface area (Å²) in [4.78, 5) is 40.5. The molecular weight excluding hydrogens is 378 g/mol. The average molecular weight is 396 g/mol. The molecule has 2 amide bonds. The second-order valence-electron chi connectivity index (χ2n) is 6.18. The standard InChI is InChI=1S/C21H18ClN3O3/c1-23-21(28)19-17(9-10-24-19)20(27)25-16-7-5-13(6-8-16)11-18(26)14-3-2-4-15(22)12-14/h2-8,10,12H,9,11H2,1H3,(H,23,28)(H,25,27). The van der Waals surface area contributed by atoms with E-state index in [9.17, 15) is 14.4 Å². The van der Waals surface area contributed by atoms with Crippen LogP contribution in [0.4, 0.5) is 5.69 Å². The number of aliphatic imine (C=N–C) groups is 1. The number of carbonyl (C=O) groups is 3. The van der Waals surface area contributed by atoms with E-state index in [1.165, 1.54) is 13.3 Å². The van der Waals surface area contributed by atoms with Crippen LogP contribution in [0.2, 0.25) is 5.02 Å². The maximum Gasteiger partial charge on any atom is 0.270 e. The van der Waals surface area contributed by atoms with Gasteiger partial charge in [-0.15, -0.1) is 0 Å². The highest BCUT2D eigenvalue weighted by molar-refractivity contribution is 6.31. The molecule has 0 bridgehead atoms. The van der Waals surface area contributed by atoms with E-state index in [1.807, 2.05) is 0 Å². The Balaban J connectivity index is 1.65. The minimum absolute atomic E-state index is 0.0391. The quantitative estimate of drug-likeness (QED) is 0.736. The Morgan fingerprint density at radius 2 is 1.82 bits per heavy atom. The summed E-state index contributed by atoms with van der Waals surface area (Å²) in [5, 5.41) is 5.74. The van der Waals surface area contributed by atoms with Crippen molar-refractivity contribution >= 4 is 41.1 Å². The molecule has 6 nitrogen and oxygen atoms in total. The number of benzene rings is 2. The van der Waals surface area contributed by atoms with Gasteiger partial charge in [-0.25, -0.2) is 0 Å². The Kier molecular flexibility index (Phi) is 6.01. The Bertz CT molecular complexity index is 994. The number of rotatable bonds is 6. The molecular formula is C21H18ClN3O3. The predicted molar refractivity (Wildman–Crippen MR) is 109 cm³/mol. The Morgan fingerprint density at radius 3 is 2.50 bits per heavy atom. The van der Waals surface area contributed by atoms with E-state index in [0.29, 0.717) is 28.3 Å². The van der Waals surface area contributed by atoms with Gasteiger partial charge < -0.3 is 10.6 Å². The summed E-state index contributed by atoms with van der Waals surface area (Å²) in [7, 11) is 1.49. The fourth-order valence-corrected chi connectivity index (χ4v) is 2.97. The van der Waals surface area contributed by atoms with Crippen LogP contribution in [0.25, 0.3) is 0 Å². The summed E-state index contributed by atoms with van der Waals surface area (Å²) >= 11 is 5.92. The lowest BCUT2D eigenvalue weighted by Gasteiger charge is -2.08. The third-order valence-corrected chi connectivity index (χ3v) is 4.48. The highest BCUT2D eigenvalue weighted by Gasteiger charge is 2.23. The van der Waals surface area contributed by atoms with Crippen molar-refractivity contribution in [2.24, 2.45) is 4.99 Å². The number of nitrogens with one attached hydrogen (secondary N) is 2. The molecule has 1 heterocycles. The summed E-state index contributed by atoms with van der Waals surface area (Å²) in [6.45, 7) is 0. The molecule has 3 rings (SSSR count). The number of hydrogen-bond donors (Lipinski definition) is 2. The monoisotopic (exact) mass is 395 g/mol. The van der Waals surface area contributed by atoms with Crippen molar-refractivity contribution in [1.82, 2.24) is 5.32 Å². The number of amides is 2. The van der Waals surface area contributed by atoms with Gasteiger partial charge in [-0.2, -0.15) is 0 Å². The van der Waals surface area contributed by atoms with Gasteiger partial charge in [0.25, 0.3) is 11.8 Å². The van der Waals surface area contributed by atoms with Crippen LogP contribution < -0.4 is 10.6 Å². The molecule has 142 valence electrons. The van der Waals surface area contributed by atoms with Crippen molar-refractivity contribution in [3.05, 3.63) is 76.0 Å². The SMILES string of the molecule is CNC(=O)C1=C(C(=O)Nc2ccc(CC(=O)c3cccc(Cl)c3)cc2)CC=N1. The van der Waals surface area contributed by atoms with E-state index in [4.69, 9.17) is 11.6 Å². The first kappa shape index (κ1) is 19.5. The average Bonchev–Trinajstić information content (AvgIpc) is 3.19. The molecule has 0 atom stereocenters. The van der Waals surface area contributed by atoms with Crippen LogP contribution in [-0.4, -0.2) is 30.9 Å². The molecule has 28 heavy (non-hydrogen) atoms. The highest BCUT2D eigenvalue weighted by atomic mass is 35.5. The number of Topliss-reactive ketones (excluding diaryl/α,β-unsaturated/α-hetero) is 1. The zero-order chi connectivity index (χ0) is 20.1. The van der Waals surface area contributed by atoms with Gasteiger partial charge in [-0.05, 0) is 29.8 Å². The summed E-state index contributed by atoms with van der Waals surface area (Å²) in [5.41, 5.74) is 2.39. The largest absolute Gasteiger partial charge is 0.354 e. The first-order valence-corrected chi connectivity index (χ1v) is 9.02. The highest BCUT2D eigenvalue weighted by Crippen LogP contribution is 2.20. The second kappa shape index (κ2) is 8.63. The summed E-state index contributed by atoms with van der Waals surface area (Å²) in [6.07, 6.45) is 2.07. The molecule has 2 aromatic rings. The fraction of sp³-hybridized carbons (Fsp3) is 0.143. The molecule has 0 saturated carbocycles. The number of carbonyl (C=O) groups excluding carboxylic acids is 3. The zero-order valence-electron chi connectivity index (χ0n) is 15.2. The van der Waals surface area contributed by atoms with Crippen LogP contribution in [0.1, 0.15) is 22.3 Å². The zero-order valence-corrected chi connectivity index (χ0v) is 15.9. The Labute approximate surface area is 167 Å². The van der Waals surface area contributed by atoms with Crippen LogP contribution in [-0.2, 0) is 16.0 Å². The lowest BCUT2D eigenvalue weighted by Crippen LogP contribution is -2.23. The van der Waals surface area contributed by atoms with Crippen LogP contribution in [0.3, 0.4) is 0 Å². The molecule has 0 unspecified atom stereocenters. The number of hydrogen-bond acceptors (Lipinski definition) is 4. The van der Waals surface area contributed by atoms with Gasteiger partial charge in [0.05, 0.1) is 5.57 Å². The molecule has 0 aliphatic carbocycles. The van der Waals surface area contributed by atoms with Crippen LogP contribution in [0.5, 0.6) is 0 Å². The van der Waals surface area contributed by atoms with Gasteiger partial charge in [0.1, 0.15) is 5.70 Å². The van der Waals surface area contributed by atoms with Crippen LogP contribution in [0, 0.1) is 0 Å². The molecule has 2 N–H and O–H groups in total. The van der Waals surface area contributed by atoms with Crippen molar-refractivity contribution in [1.29, 1.82) is 0 Å². The molecule has 0 spiro atoms. The Morgan fingerprint density at radius 1 is 1.07 bits per heavy atom. The number of halogens is 1. The Hall–Kier alpha value is -3.25. The minimum atomic E-state index is -0.395. The molecule has 0 radical (unpaired) electrons. The van der Waals surface area contributed by atoms with Gasteiger partial charge in [0, 0.05) is 42.4 Å². The third-order valence-electron chi connectivity index (χ3n) is 4.24. The second-order valence-corrected chi connectivity index (χ2v) is 6.62. The summed E-state index contributed by atoms with van der Waals surface area (Å²) in [5.74, 6) is -0.810. The summed E-state index contributed by atoms with van der Waals surface area (Å²) < 4.78 is 0. The molecule has 7 heteroatoms. The van der Waals surface area contributed by atoms with Crippen LogP contribution >= 0.6 is 11.6 Å². The molecule has 2 aromatic carbocycles. The number of likely N-dealkylation sites (N-methyl/N-ethyl adjacent to an activating group) is 1. The van der Waals surface area contributed by atoms with Crippen molar-refractivity contribution in [3.63, 3.8) is 0 Å².